The molecule has 0 radical (unpaired) electrons. The van der Waals surface area contributed by atoms with Gasteiger partial charge in [0.25, 0.3) is 0 Å². The molecule has 5 N–H and O–H groups in total. The van der Waals surface area contributed by atoms with Gasteiger partial charge in [-0.3, -0.25) is 28.9 Å². The van der Waals surface area contributed by atoms with Gasteiger partial charge in [-0.25, -0.2) is 4.79 Å². The Morgan fingerprint density at radius 3 is 1.41 bits per heavy atom. The van der Waals surface area contributed by atoms with Gasteiger partial charge in [0.05, 0.1) is 18.2 Å². The minimum absolute atomic E-state index is 0.156. The van der Waals surface area contributed by atoms with Gasteiger partial charge in [-0.1, -0.05) is 170 Å². The highest BCUT2D eigenvalue weighted by atomic mass is 19.4. The van der Waals surface area contributed by atoms with Crippen molar-refractivity contribution in [2.45, 2.75) is 109 Å². The lowest BCUT2D eigenvalue weighted by molar-refractivity contribution is -0.156. The average Bonchev–Trinajstić information content (AvgIpc) is 3.47. The first-order valence-corrected chi connectivity index (χ1v) is 26.7. The van der Waals surface area contributed by atoms with Crippen LogP contribution in [0.5, 0.6) is 0 Å². The second-order valence-corrected chi connectivity index (χ2v) is 20.8. The van der Waals surface area contributed by atoms with Crippen molar-refractivity contribution in [3.63, 3.8) is 0 Å². The maximum absolute atomic E-state index is 13.9. The van der Waals surface area contributed by atoms with E-state index in [1.807, 2.05) is 164 Å². The molecule has 81 heavy (non-hydrogen) atoms. The fraction of sp³-hybridized carbons (Fsp3) is 0.333. The summed E-state index contributed by atoms with van der Waals surface area (Å²) in [6.45, 7) is 10.5. The molecule has 0 aliphatic carbocycles. The van der Waals surface area contributed by atoms with Gasteiger partial charge in [-0.15, -0.1) is 0 Å². The van der Waals surface area contributed by atoms with E-state index in [0.717, 1.165) is 44.5 Å². The van der Waals surface area contributed by atoms with Crippen molar-refractivity contribution in [1.29, 1.82) is 0 Å². The van der Waals surface area contributed by atoms with Crippen LogP contribution in [0.15, 0.2) is 170 Å². The summed E-state index contributed by atoms with van der Waals surface area (Å²) in [7, 11) is 0. The molecule has 2 fully saturated rings. The van der Waals surface area contributed by atoms with E-state index in [1.165, 1.54) is 18.7 Å². The van der Waals surface area contributed by atoms with Crippen molar-refractivity contribution in [3.05, 3.63) is 192 Å². The molecular weight excluding hydrogens is 1040 g/mol. The van der Waals surface area contributed by atoms with Gasteiger partial charge in [-0.05, 0) is 78.1 Å². The predicted octanol–water partition coefficient (Wildman–Crippen LogP) is 7.92. The molecule has 428 valence electrons. The Morgan fingerprint density at radius 2 is 0.988 bits per heavy atom. The fourth-order valence-electron chi connectivity index (χ4n) is 9.61. The Bertz CT molecular complexity index is 3000. The summed E-state index contributed by atoms with van der Waals surface area (Å²) in [6.07, 6.45) is -8.18. The number of benzene rings is 6. The van der Waals surface area contributed by atoms with Gasteiger partial charge in [0, 0.05) is 53.1 Å². The van der Waals surface area contributed by atoms with Crippen LogP contribution in [0.3, 0.4) is 0 Å². The third-order valence-corrected chi connectivity index (χ3v) is 13.3. The molecule has 6 atom stereocenters. The quantitative estimate of drug-likeness (QED) is 0.0594. The molecule has 6 aromatic carbocycles. The molecule has 0 unspecified atom stereocenters. The second-order valence-electron chi connectivity index (χ2n) is 20.8. The summed E-state index contributed by atoms with van der Waals surface area (Å²) in [4.78, 5) is 78.1. The van der Waals surface area contributed by atoms with E-state index in [1.54, 1.807) is 30.6 Å². The van der Waals surface area contributed by atoms with Crippen molar-refractivity contribution in [2.75, 3.05) is 26.2 Å². The molecular formula is C63H71F3N6O9. The van der Waals surface area contributed by atoms with Crippen LogP contribution >= 0.6 is 0 Å². The van der Waals surface area contributed by atoms with Gasteiger partial charge in [0.2, 0.25) is 29.9 Å². The molecule has 18 heteroatoms. The highest BCUT2D eigenvalue weighted by molar-refractivity contribution is 5.88. The smallest absolute Gasteiger partial charge is 0.444 e. The zero-order valence-electron chi connectivity index (χ0n) is 46.1. The largest absolute Gasteiger partial charge is 0.446 e. The molecule has 0 bridgehead atoms. The molecule has 15 nitrogen and oxygen atoms in total. The lowest BCUT2D eigenvalue weighted by atomic mass is 9.92. The highest BCUT2D eigenvalue weighted by Gasteiger charge is 2.46. The average molecular weight is 1110 g/mol. The maximum atomic E-state index is 13.9. The number of aldehydes is 1. The van der Waals surface area contributed by atoms with Crippen LogP contribution in [0.1, 0.15) is 56.9 Å². The number of piperazine rings is 2. The zero-order chi connectivity index (χ0) is 58.7. The van der Waals surface area contributed by atoms with Gasteiger partial charge in [0.15, 0.2) is 0 Å². The summed E-state index contributed by atoms with van der Waals surface area (Å²) in [5, 5.41) is 31.9. The van der Waals surface area contributed by atoms with E-state index in [9.17, 15) is 47.4 Å². The van der Waals surface area contributed by atoms with Crippen LogP contribution in [0.4, 0.5) is 18.0 Å². The molecule has 8 rings (SSSR count). The standard InChI is InChI=1S/C33H39N3O5.C28H31N3O3.C2HF3O/c1-23(37)34-28(21-25-14-11-17-27(20-25)26-15-9-6-10-16-26)30(38)29-31(39)35(22-24-12-7-5-8-13-24)18-19-36(29)32(40)41-33(2,3)4;1-20(32)30-25(18-22-11-8-14-24(17-22)23-12-6-3-7-13-23)27(33)26-28(34)31(16-15-29-26)19-21-9-4-2-5-10-21;3-2(4,5)1-6/h5-17,20,28-30,38H,18-19,21-22H2,1-4H3,(H,34,37);2-14,17,25-27,29,33H,15-16,18-19H2,1H3,(H,30,32);1H/t28-,29-,30-;25-,26-,27-;/m00./s1. The number of halogens is 3. The Kier molecular flexibility index (Phi) is 22.5. The van der Waals surface area contributed by atoms with Crippen LogP contribution in [0, 0.1) is 0 Å². The minimum Gasteiger partial charge on any atom is -0.444 e. The molecule has 5 amide bonds. The van der Waals surface area contributed by atoms with Crippen molar-refractivity contribution in [3.8, 4) is 22.3 Å². The number of hydrogen-bond acceptors (Lipinski definition) is 10. The Morgan fingerprint density at radius 1 is 0.593 bits per heavy atom. The number of aliphatic hydroxyl groups is 2. The lowest BCUT2D eigenvalue weighted by Crippen LogP contribution is -2.66. The highest BCUT2D eigenvalue weighted by Crippen LogP contribution is 2.27. The Labute approximate surface area is 471 Å². The SMILES string of the molecule is CC(=O)N[C@@H](Cc1cccc(-c2ccccc2)c1)[C@H](O)[C@@H]1NCCN(Cc2ccccc2)C1=O.CC(=O)N[C@@H](Cc1cccc(-c2ccccc2)c1)[C@H](O)[C@H]1C(=O)N(Cc2ccccc2)CCN1C(=O)OC(C)(C)C.O=CC(F)(F)F. The number of nitrogens with one attached hydrogen (secondary N) is 3. The summed E-state index contributed by atoms with van der Waals surface area (Å²) in [6, 6.07) is 51.8. The van der Waals surface area contributed by atoms with Crippen LogP contribution in [0.25, 0.3) is 22.3 Å². The molecule has 2 saturated heterocycles. The number of carbonyl (C=O) groups is 6. The van der Waals surface area contributed by atoms with Crippen LogP contribution in [0.2, 0.25) is 0 Å². The summed E-state index contributed by atoms with van der Waals surface area (Å²) in [5.74, 6) is -1.14. The Balaban J connectivity index is 0.000000240. The number of nitrogens with zero attached hydrogens (tertiary/aromatic N) is 3. The topological polar surface area (TPSA) is 198 Å². The monoisotopic (exact) mass is 1110 g/mol. The summed E-state index contributed by atoms with van der Waals surface area (Å²) >= 11 is 0. The number of carbonyl (C=O) groups excluding carboxylic acids is 6. The van der Waals surface area contributed by atoms with Gasteiger partial charge >= 0.3 is 12.3 Å². The van der Waals surface area contributed by atoms with E-state index in [-0.39, 0.29) is 30.7 Å². The number of aliphatic hydroxyl groups excluding tert-OH is 2. The third kappa shape index (κ3) is 19.3. The Hall–Kier alpha value is -8.19. The minimum atomic E-state index is -4.64. The van der Waals surface area contributed by atoms with E-state index < -0.39 is 66.4 Å². The first kappa shape index (κ1) is 62.0. The lowest BCUT2D eigenvalue weighted by Gasteiger charge is -2.44. The van der Waals surface area contributed by atoms with Gasteiger partial charge in [0.1, 0.15) is 23.8 Å². The maximum Gasteiger partial charge on any atom is 0.446 e. The number of alkyl halides is 3. The number of amides is 5. The van der Waals surface area contributed by atoms with Crippen molar-refractivity contribution in [2.24, 2.45) is 0 Å². The number of ether oxygens (including phenoxy) is 1. The van der Waals surface area contributed by atoms with E-state index in [0.29, 0.717) is 39.1 Å². The van der Waals surface area contributed by atoms with Crippen molar-refractivity contribution >= 4 is 36.0 Å². The second kappa shape index (κ2) is 29.3. The van der Waals surface area contributed by atoms with Crippen molar-refractivity contribution < 1.29 is 56.9 Å². The number of rotatable bonds is 16. The van der Waals surface area contributed by atoms with Crippen LogP contribution in [-0.2, 0) is 54.6 Å². The first-order chi connectivity index (χ1) is 38.6. The van der Waals surface area contributed by atoms with Crippen LogP contribution < -0.4 is 16.0 Å². The van der Waals surface area contributed by atoms with E-state index >= 15 is 0 Å². The van der Waals surface area contributed by atoms with Gasteiger partial charge < -0.3 is 40.7 Å². The predicted molar refractivity (Wildman–Crippen MR) is 303 cm³/mol. The third-order valence-electron chi connectivity index (χ3n) is 13.3. The number of hydrogen-bond donors (Lipinski definition) is 5. The normalized spacial score (nSPS) is 16.9. The molecule has 2 heterocycles. The molecule has 2 aliphatic rings. The van der Waals surface area contributed by atoms with Crippen molar-refractivity contribution in [1.82, 2.24) is 30.7 Å². The molecule has 6 aromatic rings. The molecule has 0 aromatic heterocycles. The molecule has 2 aliphatic heterocycles. The summed E-state index contributed by atoms with van der Waals surface area (Å²) in [5.41, 5.74) is 7.25. The molecule has 0 saturated carbocycles. The summed E-state index contributed by atoms with van der Waals surface area (Å²) < 4.78 is 36.9. The molecule has 0 spiro atoms. The van der Waals surface area contributed by atoms with Crippen LogP contribution in [-0.4, -0.2) is 135 Å². The zero-order valence-corrected chi connectivity index (χ0v) is 46.1. The van der Waals surface area contributed by atoms with E-state index in [2.05, 4.69) is 22.0 Å². The first-order valence-electron chi connectivity index (χ1n) is 26.7. The fourth-order valence-corrected chi connectivity index (χ4v) is 9.61. The van der Waals surface area contributed by atoms with Gasteiger partial charge in [-0.2, -0.15) is 13.2 Å². The van der Waals surface area contributed by atoms with E-state index in [4.69, 9.17) is 9.53 Å².